The van der Waals surface area contributed by atoms with Crippen LogP contribution in [0.15, 0.2) is 72.8 Å². The van der Waals surface area contributed by atoms with Crippen LogP contribution in [0.1, 0.15) is 27.5 Å². The first-order chi connectivity index (χ1) is 13.2. The minimum absolute atomic E-state index is 0.0165. The maximum absolute atomic E-state index is 13.3. The zero-order chi connectivity index (χ0) is 18.8. The Morgan fingerprint density at radius 3 is 2.30 bits per heavy atom. The van der Waals surface area contributed by atoms with Crippen LogP contribution in [-0.4, -0.2) is 20.1 Å². The lowest BCUT2D eigenvalue weighted by Crippen LogP contribution is -2.40. The number of hydrogen-bond donors (Lipinski definition) is 0. The van der Waals surface area contributed by atoms with Crippen LogP contribution >= 0.6 is 0 Å². The molecule has 3 aromatic rings. The molecule has 0 spiro atoms. The van der Waals surface area contributed by atoms with Crippen LogP contribution in [0, 0.1) is 0 Å². The van der Waals surface area contributed by atoms with E-state index in [4.69, 9.17) is 9.47 Å². The first-order valence-electron chi connectivity index (χ1n) is 8.91. The minimum Gasteiger partial charge on any atom is -0.493 e. The van der Waals surface area contributed by atoms with Crippen molar-refractivity contribution in [2.24, 2.45) is 0 Å². The number of anilines is 1. The van der Waals surface area contributed by atoms with E-state index in [9.17, 15) is 4.79 Å². The van der Waals surface area contributed by atoms with Crippen LogP contribution in [0.5, 0.6) is 11.5 Å². The van der Waals surface area contributed by atoms with Gasteiger partial charge in [0.25, 0.3) is 5.91 Å². The number of ether oxygens (including phenoxy) is 2. The highest BCUT2D eigenvalue weighted by molar-refractivity contribution is 6.08. The summed E-state index contributed by atoms with van der Waals surface area (Å²) in [6, 6.07) is 23.4. The molecule has 0 bridgehead atoms. The monoisotopic (exact) mass is 359 g/mol. The lowest BCUT2D eigenvalue weighted by molar-refractivity contribution is 0.0967. The Labute approximate surface area is 159 Å². The van der Waals surface area contributed by atoms with Gasteiger partial charge in [0.05, 0.1) is 20.3 Å². The van der Waals surface area contributed by atoms with Gasteiger partial charge in [0.1, 0.15) is 0 Å². The van der Waals surface area contributed by atoms with Gasteiger partial charge in [0.15, 0.2) is 11.5 Å². The zero-order valence-corrected chi connectivity index (χ0v) is 15.4. The lowest BCUT2D eigenvalue weighted by Gasteiger charge is -2.37. The first kappa shape index (κ1) is 17.2. The van der Waals surface area contributed by atoms with E-state index < -0.39 is 0 Å². The van der Waals surface area contributed by atoms with E-state index in [0.717, 1.165) is 28.8 Å². The van der Waals surface area contributed by atoms with Crippen LogP contribution in [0.2, 0.25) is 0 Å². The minimum atomic E-state index is -0.116. The van der Waals surface area contributed by atoms with Gasteiger partial charge in [-0.25, -0.2) is 0 Å². The van der Waals surface area contributed by atoms with Gasteiger partial charge in [0, 0.05) is 11.3 Å². The number of amides is 1. The molecule has 4 nitrogen and oxygen atoms in total. The van der Waals surface area contributed by atoms with Gasteiger partial charge in [-0.3, -0.25) is 4.79 Å². The third kappa shape index (κ3) is 3.04. The van der Waals surface area contributed by atoms with Crippen LogP contribution < -0.4 is 14.4 Å². The molecule has 1 aliphatic rings. The van der Waals surface area contributed by atoms with Crippen LogP contribution in [0.4, 0.5) is 5.69 Å². The molecule has 27 heavy (non-hydrogen) atoms. The second kappa shape index (κ2) is 7.16. The third-order valence-corrected chi connectivity index (χ3v) is 5.02. The Balaban J connectivity index is 1.85. The summed E-state index contributed by atoms with van der Waals surface area (Å²) >= 11 is 0. The average Bonchev–Trinajstić information content (AvgIpc) is 2.73. The van der Waals surface area contributed by atoms with E-state index in [1.54, 1.807) is 14.2 Å². The highest BCUT2D eigenvalue weighted by Gasteiger charge is 2.34. The predicted octanol–water partition coefficient (Wildman–Crippen LogP) is 4.65. The van der Waals surface area contributed by atoms with E-state index in [2.05, 4.69) is 0 Å². The standard InChI is InChI=1S/C23H21NO3/c1-26-21-13-12-17(15-22(21)27-2)20-14-16-8-6-7-11-19(16)23(25)24(20)18-9-4-3-5-10-18/h3-13,15,20H,14H2,1-2H3. The molecule has 4 heteroatoms. The summed E-state index contributed by atoms with van der Waals surface area (Å²) in [5, 5.41) is 0. The van der Waals surface area contributed by atoms with Crippen LogP contribution in [0.25, 0.3) is 0 Å². The number of benzene rings is 3. The van der Waals surface area contributed by atoms with Crippen molar-refractivity contribution in [3.05, 3.63) is 89.5 Å². The topological polar surface area (TPSA) is 38.8 Å². The van der Waals surface area contributed by atoms with Crippen molar-refractivity contribution in [2.75, 3.05) is 19.1 Å². The molecule has 1 atom stereocenters. The zero-order valence-electron chi connectivity index (χ0n) is 15.4. The highest BCUT2D eigenvalue weighted by Crippen LogP contribution is 2.39. The van der Waals surface area contributed by atoms with Gasteiger partial charge < -0.3 is 14.4 Å². The Kier molecular flexibility index (Phi) is 4.55. The van der Waals surface area contributed by atoms with Gasteiger partial charge in [-0.15, -0.1) is 0 Å². The Bertz CT molecular complexity index is 968. The van der Waals surface area contributed by atoms with Gasteiger partial charge in [-0.2, -0.15) is 0 Å². The van der Waals surface area contributed by atoms with Crippen molar-refractivity contribution in [1.82, 2.24) is 0 Å². The predicted molar refractivity (Wildman–Crippen MR) is 106 cm³/mol. The fourth-order valence-corrected chi connectivity index (χ4v) is 3.69. The van der Waals surface area contributed by atoms with Crippen molar-refractivity contribution in [3.8, 4) is 11.5 Å². The molecule has 0 aromatic heterocycles. The molecule has 1 unspecified atom stereocenters. The van der Waals surface area contributed by atoms with E-state index in [-0.39, 0.29) is 11.9 Å². The normalized spacial score (nSPS) is 16.0. The number of fused-ring (bicyclic) bond motifs is 1. The summed E-state index contributed by atoms with van der Waals surface area (Å²) in [6.07, 6.45) is 0.742. The number of carbonyl (C=O) groups is 1. The summed E-state index contributed by atoms with van der Waals surface area (Å²) in [6.45, 7) is 0. The molecule has 0 saturated heterocycles. The molecule has 0 fully saturated rings. The molecular formula is C23H21NO3. The summed E-state index contributed by atoms with van der Waals surface area (Å²) in [7, 11) is 3.24. The van der Waals surface area contributed by atoms with E-state index >= 15 is 0 Å². The quantitative estimate of drug-likeness (QED) is 0.681. The molecule has 4 rings (SSSR count). The number of carbonyl (C=O) groups excluding carboxylic acids is 1. The van der Waals surface area contributed by atoms with Crippen molar-refractivity contribution >= 4 is 11.6 Å². The summed E-state index contributed by atoms with van der Waals surface area (Å²) in [5.74, 6) is 1.35. The third-order valence-electron chi connectivity index (χ3n) is 5.02. The van der Waals surface area contributed by atoms with Crippen LogP contribution in [-0.2, 0) is 6.42 Å². The fourth-order valence-electron chi connectivity index (χ4n) is 3.69. The largest absolute Gasteiger partial charge is 0.493 e. The maximum atomic E-state index is 13.3. The maximum Gasteiger partial charge on any atom is 0.259 e. The highest BCUT2D eigenvalue weighted by atomic mass is 16.5. The number of hydrogen-bond acceptors (Lipinski definition) is 3. The summed E-state index contributed by atoms with van der Waals surface area (Å²) < 4.78 is 10.8. The van der Waals surface area contributed by atoms with Crippen LogP contribution in [0.3, 0.4) is 0 Å². The number of rotatable bonds is 4. The SMILES string of the molecule is COc1ccc(C2Cc3ccccc3C(=O)N2c2ccccc2)cc1OC. The molecular weight excluding hydrogens is 338 g/mol. The van der Waals surface area contributed by atoms with E-state index in [1.165, 1.54) is 0 Å². The molecule has 0 radical (unpaired) electrons. The van der Waals surface area contributed by atoms with Crippen molar-refractivity contribution < 1.29 is 14.3 Å². The van der Waals surface area contributed by atoms with E-state index in [0.29, 0.717) is 11.5 Å². The number of nitrogens with zero attached hydrogens (tertiary/aromatic N) is 1. The molecule has 0 aliphatic carbocycles. The van der Waals surface area contributed by atoms with Gasteiger partial charge in [-0.1, -0.05) is 42.5 Å². The lowest BCUT2D eigenvalue weighted by atomic mass is 9.88. The Hall–Kier alpha value is -3.27. The van der Waals surface area contributed by atoms with Gasteiger partial charge in [0.2, 0.25) is 0 Å². The summed E-state index contributed by atoms with van der Waals surface area (Å²) in [4.78, 5) is 15.2. The Morgan fingerprint density at radius 1 is 0.852 bits per heavy atom. The molecule has 136 valence electrons. The molecule has 3 aromatic carbocycles. The number of para-hydroxylation sites is 1. The number of methoxy groups -OCH3 is 2. The molecule has 0 N–H and O–H groups in total. The second-order valence-corrected chi connectivity index (χ2v) is 6.50. The molecule has 0 saturated carbocycles. The smallest absolute Gasteiger partial charge is 0.259 e. The average molecular weight is 359 g/mol. The van der Waals surface area contributed by atoms with Gasteiger partial charge in [-0.05, 0) is 47.9 Å². The molecule has 1 amide bonds. The van der Waals surface area contributed by atoms with Crippen molar-refractivity contribution in [2.45, 2.75) is 12.5 Å². The molecule has 1 aliphatic heterocycles. The Morgan fingerprint density at radius 2 is 1.56 bits per heavy atom. The van der Waals surface area contributed by atoms with Crippen molar-refractivity contribution in [1.29, 1.82) is 0 Å². The fraction of sp³-hybridized carbons (Fsp3) is 0.174. The molecule has 1 heterocycles. The van der Waals surface area contributed by atoms with Gasteiger partial charge >= 0.3 is 0 Å². The van der Waals surface area contributed by atoms with Crippen molar-refractivity contribution in [3.63, 3.8) is 0 Å². The second-order valence-electron chi connectivity index (χ2n) is 6.50. The first-order valence-corrected chi connectivity index (χ1v) is 8.91. The van der Waals surface area contributed by atoms with E-state index in [1.807, 2.05) is 77.7 Å². The summed E-state index contributed by atoms with van der Waals surface area (Å²) in [5.41, 5.74) is 3.73.